The normalized spacial score (nSPS) is 12.3. The second kappa shape index (κ2) is 8.47. The van der Waals surface area contributed by atoms with Crippen molar-refractivity contribution in [2.24, 2.45) is 0 Å². The molecule has 154 valence electrons. The number of aliphatic hydroxyl groups excluding tert-OH is 1. The Morgan fingerprint density at radius 3 is 2.70 bits per heavy atom. The van der Waals surface area contributed by atoms with Gasteiger partial charge >= 0.3 is 0 Å². The van der Waals surface area contributed by atoms with Crippen LogP contribution in [0.4, 0.5) is 0 Å². The zero-order valence-electron chi connectivity index (χ0n) is 15.9. The maximum atomic E-state index is 12.8. The fourth-order valence-corrected chi connectivity index (χ4v) is 3.55. The summed E-state index contributed by atoms with van der Waals surface area (Å²) >= 11 is 11.9. The molecule has 0 spiro atoms. The number of nitrogens with zero attached hydrogens (tertiary/aromatic N) is 3. The van der Waals surface area contributed by atoms with Crippen molar-refractivity contribution >= 4 is 34.1 Å². The van der Waals surface area contributed by atoms with Crippen LogP contribution in [-0.2, 0) is 6.54 Å². The van der Waals surface area contributed by atoms with E-state index in [2.05, 4.69) is 10.3 Å². The lowest BCUT2D eigenvalue weighted by molar-refractivity contribution is 0.0882. The maximum Gasteiger partial charge on any atom is 0.296 e. The van der Waals surface area contributed by atoms with Crippen molar-refractivity contribution in [3.63, 3.8) is 0 Å². The highest BCUT2D eigenvalue weighted by Gasteiger charge is 2.20. The molecule has 0 radical (unpaired) electrons. The number of ether oxygens (including phenoxy) is 1. The van der Waals surface area contributed by atoms with Gasteiger partial charge in [0.2, 0.25) is 0 Å². The van der Waals surface area contributed by atoms with Gasteiger partial charge in [0.1, 0.15) is 29.9 Å². The van der Waals surface area contributed by atoms with Crippen molar-refractivity contribution < 1.29 is 14.4 Å². The minimum absolute atomic E-state index is 0.0912. The van der Waals surface area contributed by atoms with E-state index in [-0.39, 0.29) is 18.7 Å². The summed E-state index contributed by atoms with van der Waals surface area (Å²) < 4.78 is 12.0. The summed E-state index contributed by atoms with van der Waals surface area (Å²) in [6.45, 7) is 1.55. The van der Waals surface area contributed by atoms with E-state index in [0.29, 0.717) is 32.6 Å². The number of hydrogen-bond donors (Lipinski definition) is 1. The van der Waals surface area contributed by atoms with E-state index >= 15 is 0 Å². The van der Waals surface area contributed by atoms with Gasteiger partial charge in [0.15, 0.2) is 5.52 Å². The molecule has 0 amide bonds. The Hall–Kier alpha value is -2.87. The standard InChI is InChI=1S/C21H17Cl2N3O4/c1-12-18-19(13-5-3-2-4-6-13)24-26(21(28)20(18)25-30-12)10-15(27)11-29-17-8-7-14(22)9-16(17)23/h2-9,15,27H,10-11H2,1H3. The van der Waals surface area contributed by atoms with Gasteiger partial charge in [-0.1, -0.05) is 58.7 Å². The molecule has 9 heteroatoms. The first-order chi connectivity index (χ1) is 14.4. The van der Waals surface area contributed by atoms with Crippen molar-refractivity contribution in [1.82, 2.24) is 14.9 Å². The Labute approximate surface area is 181 Å². The maximum absolute atomic E-state index is 12.8. The number of hydrogen-bond acceptors (Lipinski definition) is 6. The Kier molecular flexibility index (Phi) is 5.76. The van der Waals surface area contributed by atoms with Crippen LogP contribution >= 0.6 is 23.2 Å². The molecule has 0 aliphatic heterocycles. The predicted molar refractivity (Wildman–Crippen MR) is 114 cm³/mol. The van der Waals surface area contributed by atoms with E-state index in [0.717, 1.165) is 5.56 Å². The first-order valence-electron chi connectivity index (χ1n) is 9.12. The molecule has 2 aromatic carbocycles. The van der Waals surface area contributed by atoms with E-state index < -0.39 is 11.7 Å². The van der Waals surface area contributed by atoms with Gasteiger partial charge in [0.25, 0.3) is 5.56 Å². The van der Waals surface area contributed by atoms with E-state index in [1.54, 1.807) is 25.1 Å². The van der Waals surface area contributed by atoms with Crippen molar-refractivity contribution in [3.05, 3.63) is 74.7 Å². The minimum atomic E-state index is -1.02. The number of halogens is 2. The van der Waals surface area contributed by atoms with Crippen LogP contribution in [-0.4, -0.2) is 32.8 Å². The Balaban J connectivity index is 1.62. The topological polar surface area (TPSA) is 90.4 Å². The molecule has 2 aromatic heterocycles. The van der Waals surface area contributed by atoms with Crippen LogP contribution < -0.4 is 10.3 Å². The third-order valence-corrected chi connectivity index (χ3v) is 5.04. The van der Waals surface area contributed by atoms with Crippen LogP contribution in [0.5, 0.6) is 5.75 Å². The summed E-state index contributed by atoms with van der Waals surface area (Å²) in [6, 6.07) is 14.2. The molecule has 0 fully saturated rings. The summed E-state index contributed by atoms with van der Waals surface area (Å²) in [5.74, 6) is 0.884. The van der Waals surface area contributed by atoms with Crippen LogP contribution in [0.15, 0.2) is 57.8 Å². The summed E-state index contributed by atoms with van der Waals surface area (Å²) in [5.41, 5.74) is 1.07. The number of aliphatic hydroxyl groups is 1. The molecule has 1 N–H and O–H groups in total. The van der Waals surface area contributed by atoms with Gasteiger partial charge in [-0.25, -0.2) is 4.68 Å². The molecule has 1 atom stereocenters. The van der Waals surface area contributed by atoms with Gasteiger partial charge in [-0.05, 0) is 25.1 Å². The van der Waals surface area contributed by atoms with Gasteiger partial charge in [0.05, 0.1) is 17.0 Å². The minimum Gasteiger partial charge on any atom is -0.489 e. The Morgan fingerprint density at radius 1 is 1.20 bits per heavy atom. The smallest absolute Gasteiger partial charge is 0.296 e. The number of benzene rings is 2. The number of aryl methyl sites for hydroxylation is 1. The van der Waals surface area contributed by atoms with Crippen molar-refractivity contribution in [2.45, 2.75) is 19.6 Å². The molecular formula is C21H17Cl2N3O4. The van der Waals surface area contributed by atoms with E-state index in [4.69, 9.17) is 32.5 Å². The van der Waals surface area contributed by atoms with Crippen molar-refractivity contribution in [3.8, 4) is 17.0 Å². The highest BCUT2D eigenvalue weighted by Crippen LogP contribution is 2.28. The Morgan fingerprint density at radius 2 is 1.97 bits per heavy atom. The molecule has 1 unspecified atom stereocenters. The highest BCUT2D eigenvalue weighted by atomic mass is 35.5. The second-order valence-electron chi connectivity index (χ2n) is 6.70. The molecule has 0 saturated heterocycles. The monoisotopic (exact) mass is 445 g/mol. The molecule has 4 aromatic rings. The van der Waals surface area contributed by atoms with Crippen molar-refractivity contribution in [1.29, 1.82) is 0 Å². The fourth-order valence-electron chi connectivity index (χ4n) is 3.09. The van der Waals surface area contributed by atoms with Crippen molar-refractivity contribution in [2.75, 3.05) is 6.61 Å². The molecule has 0 aliphatic rings. The van der Waals surface area contributed by atoms with Crippen LogP contribution in [0, 0.1) is 6.92 Å². The van der Waals surface area contributed by atoms with Gasteiger partial charge in [-0.2, -0.15) is 5.10 Å². The predicted octanol–water partition coefficient (Wildman–Crippen LogP) is 4.11. The molecule has 7 nitrogen and oxygen atoms in total. The fraction of sp³-hybridized carbons (Fsp3) is 0.190. The number of fused-ring (bicyclic) bond motifs is 1. The number of rotatable bonds is 6. The largest absolute Gasteiger partial charge is 0.489 e. The highest BCUT2D eigenvalue weighted by molar-refractivity contribution is 6.35. The number of aromatic nitrogens is 3. The van der Waals surface area contributed by atoms with Gasteiger partial charge in [0, 0.05) is 10.6 Å². The molecule has 2 heterocycles. The molecule has 0 bridgehead atoms. The van der Waals surface area contributed by atoms with Crippen LogP contribution in [0.3, 0.4) is 0 Å². The third kappa shape index (κ3) is 4.05. The zero-order chi connectivity index (χ0) is 21.3. The lowest BCUT2D eigenvalue weighted by Crippen LogP contribution is -2.32. The first-order valence-corrected chi connectivity index (χ1v) is 9.88. The molecule has 0 saturated carbocycles. The third-order valence-electron chi connectivity index (χ3n) is 4.51. The zero-order valence-corrected chi connectivity index (χ0v) is 17.4. The van der Waals surface area contributed by atoms with Gasteiger partial charge in [-0.15, -0.1) is 0 Å². The quantitative estimate of drug-likeness (QED) is 0.480. The van der Waals surface area contributed by atoms with Crippen LogP contribution in [0.25, 0.3) is 22.2 Å². The molecular weight excluding hydrogens is 429 g/mol. The summed E-state index contributed by atoms with van der Waals surface area (Å²) in [5, 5.41) is 20.2. The molecule has 30 heavy (non-hydrogen) atoms. The average Bonchev–Trinajstić information content (AvgIpc) is 3.12. The summed E-state index contributed by atoms with van der Waals surface area (Å²) in [6.07, 6.45) is -1.02. The molecule has 4 rings (SSSR count). The SMILES string of the molecule is Cc1onc2c(=O)n(CC(O)COc3ccc(Cl)cc3Cl)nc(-c3ccccc3)c12. The van der Waals surface area contributed by atoms with Gasteiger partial charge < -0.3 is 14.4 Å². The Bertz CT molecular complexity index is 1250. The second-order valence-corrected chi connectivity index (χ2v) is 7.55. The van der Waals surface area contributed by atoms with Crippen LogP contribution in [0.2, 0.25) is 10.0 Å². The van der Waals surface area contributed by atoms with Gasteiger partial charge in [-0.3, -0.25) is 4.79 Å². The first kappa shape index (κ1) is 20.4. The lowest BCUT2D eigenvalue weighted by Gasteiger charge is -2.15. The van der Waals surface area contributed by atoms with E-state index in [9.17, 15) is 9.90 Å². The summed E-state index contributed by atoms with van der Waals surface area (Å²) in [4.78, 5) is 12.8. The summed E-state index contributed by atoms with van der Waals surface area (Å²) in [7, 11) is 0. The van der Waals surface area contributed by atoms with Crippen LogP contribution in [0.1, 0.15) is 5.76 Å². The lowest BCUT2D eigenvalue weighted by atomic mass is 10.1. The average molecular weight is 446 g/mol. The van der Waals surface area contributed by atoms with E-state index in [1.807, 2.05) is 30.3 Å². The molecule has 0 aliphatic carbocycles. The van der Waals surface area contributed by atoms with E-state index in [1.165, 1.54) is 4.68 Å².